The third kappa shape index (κ3) is 2.83. The minimum absolute atomic E-state index is 0.0270. The Morgan fingerprint density at radius 2 is 2.14 bits per heavy atom. The van der Waals surface area contributed by atoms with Gasteiger partial charge in [0.15, 0.2) is 11.6 Å². The molecule has 0 saturated heterocycles. The van der Waals surface area contributed by atoms with Crippen molar-refractivity contribution in [1.29, 1.82) is 0 Å². The number of hydrogen-bond acceptors (Lipinski definition) is 3. The van der Waals surface area contributed by atoms with Gasteiger partial charge in [-0.05, 0) is 37.0 Å². The van der Waals surface area contributed by atoms with Crippen molar-refractivity contribution in [2.45, 2.75) is 37.3 Å². The average molecular weight is 303 g/mol. The van der Waals surface area contributed by atoms with Crippen molar-refractivity contribution in [3.63, 3.8) is 0 Å². The third-order valence-electron chi connectivity index (χ3n) is 3.72. The van der Waals surface area contributed by atoms with Gasteiger partial charge in [0.1, 0.15) is 5.60 Å². The number of ether oxygens (including phenoxy) is 1. The summed E-state index contributed by atoms with van der Waals surface area (Å²) in [5.41, 5.74) is -1.94. The second-order valence-corrected chi connectivity index (χ2v) is 5.11. The van der Waals surface area contributed by atoms with Crippen molar-refractivity contribution >= 4 is 5.91 Å². The first kappa shape index (κ1) is 15.6. The lowest BCUT2D eigenvalue weighted by molar-refractivity contribution is -0.216. The molecule has 116 valence electrons. The van der Waals surface area contributed by atoms with Gasteiger partial charge in [-0.2, -0.15) is 8.78 Å². The fourth-order valence-corrected chi connectivity index (χ4v) is 2.15. The van der Waals surface area contributed by atoms with Gasteiger partial charge in [-0.25, -0.2) is 4.39 Å². The molecule has 2 N–H and O–H groups in total. The highest BCUT2D eigenvalue weighted by molar-refractivity contribution is 5.85. The predicted octanol–water partition coefficient (Wildman–Crippen LogP) is 2.00. The highest BCUT2D eigenvalue weighted by atomic mass is 19.3. The van der Waals surface area contributed by atoms with Crippen LogP contribution in [0, 0.1) is 5.82 Å². The summed E-state index contributed by atoms with van der Waals surface area (Å²) in [6.45, 7) is -0.259. The molecule has 1 saturated carbocycles. The number of hydrogen-bond donors (Lipinski definition) is 2. The van der Waals surface area contributed by atoms with Crippen LogP contribution in [0.25, 0.3) is 0 Å². The van der Waals surface area contributed by atoms with Gasteiger partial charge >= 0.3 is 5.92 Å². The maximum atomic E-state index is 13.8. The Hall–Kier alpha value is -1.76. The van der Waals surface area contributed by atoms with Crippen molar-refractivity contribution in [3.05, 3.63) is 29.6 Å². The third-order valence-corrected chi connectivity index (χ3v) is 3.72. The van der Waals surface area contributed by atoms with Gasteiger partial charge in [0.25, 0.3) is 5.91 Å². The Bertz CT molecular complexity index is 544. The lowest BCUT2D eigenvalue weighted by atomic mass is 9.75. The molecule has 0 radical (unpaired) electrons. The van der Waals surface area contributed by atoms with Crippen LogP contribution in [0.4, 0.5) is 13.2 Å². The molecule has 1 amide bonds. The Morgan fingerprint density at radius 1 is 1.48 bits per heavy atom. The van der Waals surface area contributed by atoms with Crippen molar-refractivity contribution in [2.24, 2.45) is 0 Å². The molecule has 1 aromatic carbocycles. The van der Waals surface area contributed by atoms with Crippen molar-refractivity contribution < 1.29 is 27.8 Å². The summed E-state index contributed by atoms with van der Waals surface area (Å²) in [6.07, 6.45) is 0.248. The number of carbonyl (C=O) groups is 1. The van der Waals surface area contributed by atoms with Crippen LogP contribution < -0.4 is 10.1 Å². The molecule has 0 spiro atoms. The number of methoxy groups -OCH3 is 1. The van der Waals surface area contributed by atoms with E-state index in [1.165, 1.54) is 19.2 Å². The summed E-state index contributed by atoms with van der Waals surface area (Å²) in [7, 11) is 1.31. The maximum absolute atomic E-state index is 13.8. The van der Waals surface area contributed by atoms with Crippen molar-refractivity contribution in [2.75, 3.05) is 7.11 Å². The van der Waals surface area contributed by atoms with Gasteiger partial charge < -0.3 is 15.2 Å². The summed E-state index contributed by atoms with van der Waals surface area (Å²) < 4.78 is 45.7. The zero-order valence-corrected chi connectivity index (χ0v) is 11.5. The number of carbonyl (C=O) groups excluding carboxylic acids is 1. The van der Waals surface area contributed by atoms with E-state index in [0.717, 1.165) is 6.07 Å². The Morgan fingerprint density at radius 3 is 2.62 bits per heavy atom. The van der Waals surface area contributed by atoms with Crippen LogP contribution in [0.15, 0.2) is 18.2 Å². The lowest BCUT2D eigenvalue weighted by Crippen LogP contribution is -2.60. The molecule has 1 aliphatic rings. The maximum Gasteiger partial charge on any atom is 0.352 e. The van der Waals surface area contributed by atoms with Gasteiger partial charge in [-0.3, -0.25) is 4.79 Å². The van der Waals surface area contributed by atoms with E-state index in [0.29, 0.717) is 12.0 Å². The predicted molar refractivity (Wildman–Crippen MR) is 68.5 cm³/mol. The Labute approximate surface area is 119 Å². The molecular weight excluding hydrogens is 287 g/mol. The van der Waals surface area contributed by atoms with Crippen LogP contribution in [0.2, 0.25) is 0 Å². The molecular formula is C14H16F3NO3. The number of rotatable bonds is 5. The molecule has 0 unspecified atom stereocenters. The van der Waals surface area contributed by atoms with E-state index in [1.807, 2.05) is 5.32 Å². The minimum Gasteiger partial charge on any atom is -0.494 e. The fourth-order valence-electron chi connectivity index (χ4n) is 2.15. The van der Waals surface area contributed by atoms with Crippen LogP contribution >= 0.6 is 0 Å². The van der Waals surface area contributed by atoms with Gasteiger partial charge in [0.05, 0.1) is 7.11 Å². The summed E-state index contributed by atoms with van der Waals surface area (Å²) in [5.74, 6) is -6.02. The monoisotopic (exact) mass is 303 g/mol. The number of nitrogens with one attached hydrogen (secondary N) is 1. The molecule has 0 bridgehead atoms. The van der Waals surface area contributed by atoms with E-state index in [1.54, 1.807) is 0 Å². The molecule has 0 aliphatic heterocycles. The zero-order chi connectivity index (χ0) is 15.7. The van der Waals surface area contributed by atoms with Gasteiger partial charge in [0.2, 0.25) is 0 Å². The first-order chi connectivity index (χ1) is 9.80. The number of aliphatic hydroxyl groups is 1. The first-order valence-corrected chi connectivity index (χ1v) is 6.51. The summed E-state index contributed by atoms with van der Waals surface area (Å²) in [5, 5.41) is 11.7. The molecule has 0 atom stereocenters. The molecule has 1 aromatic rings. The number of alkyl halides is 2. The second-order valence-electron chi connectivity index (χ2n) is 5.11. The van der Waals surface area contributed by atoms with E-state index in [4.69, 9.17) is 4.74 Å². The van der Waals surface area contributed by atoms with Crippen LogP contribution in [0.1, 0.15) is 24.8 Å². The van der Waals surface area contributed by atoms with Crippen LogP contribution in [0.5, 0.6) is 5.75 Å². The summed E-state index contributed by atoms with van der Waals surface area (Å²) in [6, 6.07) is 3.89. The van der Waals surface area contributed by atoms with Gasteiger partial charge in [-0.15, -0.1) is 0 Å². The number of amides is 1. The van der Waals surface area contributed by atoms with Crippen LogP contribution in [-0.2, 0) is 11.3 Å². The lowest BCUT2D eigenvalue weighted by Gasteiger charge is -2.41. The van der Waals surface area contributed by atoms with Crippen LogP contribution in [0.3, 0.4) is 0 Å². The van der Waals surface area contributed by atoms with E-state index < -0.39 is 23.2 Å². The average Bonchev–Trinajstić information content (AvgIpc) is 2.41. The van der Waals surface area contributed by atoms with Crippen LogP contribution in [-0.4, -0.2) is 29.6 Å². The highest BCUT2D eigenvalue weighted by Gasteiger charge is 2.61. The summed E-state index contributed by atoms with van der Waals surface area (Å²) in [4.78, 5) is 11.5. The Kier molecular flexibility index (Phi) is 4.13. The highest BCUT2D eigenvalue weighted by Crippen LogP contribution is 2.44. The van der Waals surface area contributed by atoms with E-state index in [-0.39, 0.29) is 25.1 Å². The topological polar surface area (TPSA) is 58.6 Å². The second kappa shape index (κ2) is 5.55. The first-order valence-electron chi connectivity index (χ1n) is 6.51. The van der Waals surface area contributed by atoms with Crippen molar-refractivity contribution in [3.8, 4) is 5.75 Å². The van der Waals surface area contributed by atoms with E-state index in [9.17, 15) is 23.1 Å². The molecule has 2 rings (SSSR count). The van der Waals surface area contributed by atoms with Gasteiger partial charge in [-0.1, -0.05) is 6.07 Å². The largest absolute Gasteiger partial charge is 0.494 e. The normalized spacial score (nSPS) is 17.0. The van der Waals surface area contributed by atoms with Gasteiger partial charge in [0, 0.05) is 6.54 Å². The quantitative estimate of drug-likeness (QED) is 0.875. The molecule has 1 fully saturated rings. The van der Waals surface area contributed by atoms with E-state index >= 15 is 0 Å². The SMILES string of the molecule is COc1ccc(CNC(=O)C(F)(F)C2(O)CCC2)cc1F. The molecule has 4 nitrogen and oxygen atoms in total. The molecule has 7 heteroatoms. The number of halogens is 3. The standard InChI is InChI=1S/C14H16F3NO3/c1-21-11-4-3-9(7-10(11)15)8-18-12(19)14(16,17)13(20)5-2-6-13/h3-4,7,20H,2,5-6,8H2,1H3,(H,18,19). The zero-order valence-electron chi connectivity index (χ0n) is 11.5. The summed E-state index contributed by atoms with van der Waals surface area (Å²) >= 11 is 0. The fraction of sp³-hybridized carbons (Fsp3) is 0.500. The molecule has 21 heavy (non-hydrogen) atoms. The smallest absolute Gasteiger partial charge is 0.352 e. The number of benzene rings is 1. The molecule has 0 heterocycles. The molecule has 0 aromatic heterocycles. The Balaban J connectivity index is 1.99. The minimum atomic E-state index is -3.85. The van der Waals surface area contributed by atoms with E-state index in [2.05, 4.69) is 0 Å². The van der Waals surface area contributed by atoms with Crippen molar-refractivity contribution in [1.82, 2.24) is 5.32 Å². The molecule has 1 aliphatic carbocycles.